The number of benzene rings is 1. The van der Waals surface area contributed by atoms with Crippen LogP contribution in [0.15, 0.2) is 18.2 Å². The highest BCUT2D eigenvalue weighted by Gasteiger charge is 2.16. The highest BCUT2D eigenvalue weighted by atomic mass is 32.2. The zero-order valence-electron chi connectivity index (χ0n) is 16.9. The minimum atomic E-state index is -0.492. The summed E-state index contributed by atoms with van der Waals surface area (Å²) in [6, 6.07) is 6.01. The molecule has 2 saturated heterocycles. The normalized spacial score (nSPS) is 20.1. The number of ether oxygens (including phenoxy) is 3. The molecule has 7 heteroatoms. The standard InChI is InChI=1S/C21H34N2O4S/c1-25-21-12-18(14-22-13-17-4-8-26-9-5-17)2-3-20(21)27-16-19(24)15-23-6-10-28-11-7-23/h2-3,12,17,19,22,24H,4-11,13-16H2,1H3. The van der Waals surface area contributed by atoms with Crippen LogP contribution in [0.25, 0.3) is 0 Å². The van der Waals surface area contributed by atoms with Gasteiger partial charge < -0.3 is 24.6 Å². The van der Waals surface area contributed by atoms with E-state index in [1.54, 1.807) is 7.11 Å². The SMILES string of the molecule is COc1cc(CNCC2CCOCC2)ccc1OCC(O)CN1CCSCC1. The van der Waals surface area contributed by atoms with Gasteiger partial charge in [-0.1, -0.05) is 6.07 Å². The first-order chi connectivity index (χ1) is 13.7. The number of aliphatic hydroxyl groups excluding tert-OH is 1. The van der Waals surface area contributed by atoms with E-state index in [-0.39, 0.29) is 6.61 Å². The van der Waals surface area contributed by atoms with E-state index in [1.165, 1.54) is 5.56 Å². The van der Waals surface area contributed by atoms with Gasteiger partial charge in [-0.25, -0.2) is 0 Å². The molecule has 158 valence electrons. The molecule has 2 heterocycles. The third-order valence-electron chi connectivity index (χ3n) is 5.33. The maximum Gasteiger partial charge on any atom is 0.161 e. The monoisotopic (exact) mass is 410 g/mol. The highest BCUT2D eigenvalue weighted by Crippen LogP contribution is 2.28. The Morgan fingerprint density at radius 2 is 2.04 bits per heavy atom. The molecular weight excluding hydrogens is 376 g/mol. The van der Waals surface area contributed by atoms with Crippen molar-refractivity contribution in [2.24, 2.45) is 5.92 Å². The van der Waals surface area contributed by atoms with Gasteiger partial charge in [-0.3, -0.25) is 4.90 Å². The first-order valence-corrected chi connectivity index (χ1v) is 11.5. The summed E-state index contributed by atoms with van der Waals surface area (Å²) in [6.45, 7) is 6.62. The Balaban J connectivity index is 1.42. The summed E-state index contributed by atoms with van der Waals surface area (Å²) in [5, 5.41) is 13.8. The number of β-amino-alcohol motifs (C(OH)–C–C–N with tert-alkyl or cyclic N) is 1. The van der Waals surface area contributed by atoms with E-state index in [0.29, 0.717) is 24.0 Å². The molecule has 0 bridgehead atoms. The average Bonchev–Trinajstić information content (AvgIpc) is 2.74. The van der Waals surface area contributed by atoms with Crippen LogP contribution in [0.2, 0.25) is 0 Å². The van der Waals surface area contributed by atoms with Gasteiger partial charge in [-0.2, -0.15) is 11.8 Å². The Morgan fingerprint density at radius 1 is 1.25 bits per heavy atom. The minimum Gasteiger partial charge on any atom is -0.493 e. The predicted octanol–water partition coefficient (Wildman–Crippen LogP) is 2.00. The van der Waals surface area contributed by atoms with Crippen molar-refractivity contribution in [1.82, 2.24) is 10.2 Å². The second-order valence-corrected chi connectivity index (χ2v) is 8.77. The molecule has 2 N–H and O–H groups in total. The molecule has 0 spiro atoms. The van der Waals surface area contributed by atoms with Crippen LogP contribution in [-0.4, -0.2) is 80.7 Å². The van der Waals surface area contributed by atoms with Crippen LogP contribution in [0.5, 0.6) is 11.5 Å². The van der Waals surface area contributed by atoms with Gasteiger partial charge >= 0.3 is 0 Å². The fraction of sp³-hybridized carbons (Fsp3) is 0.714. The highest BCUT2D eigenvalue weighted by molar-refractivity contribution is 7.99. The number of hydrogen-bond acceptors (Lipinski definition) is 7. The lowest BCUT2D eigenvalue weighted by atomic mass is 10.0. The van der Waals surface area contributed by atoms with Crippen molar-refractivity contribution < 1.29 is 19.3 Å². The van der Waals surface area contributed by atoms with Crippen LogP contribution in [0.1, 0.15) is 18.4 Å². The number of rotatable bonds is 10. The molecule has 0 aliphatic carbocycles. The number of methoxy groups -OCH3 is 1. The van der Waals surface area contributed by atoms with Gasteiger partial charge in [-0.15, -0.1) is 0 Å². The summed E-state index contributed by atoms with van der Waals surface area (Å²) in [6.07, 6.45) is 1.79. The second kappa shape index (κ2) is 11.9. The molecule has 3 rings (SSSR count). The lowest BCUT2D eigenvalue weighted by molar-refractivity contribution is 0.0662. The quantitative estimate of drug-likeness (QED) is 0.612. The molecule has 2 fully saturated rings. The zero-order chi connectivity index (χ0) is 19.6. The van der Waals surface area contributed by atoms with E-state index >= 15 is 0 Å². The van der Waals surface area contributed by atoms with Crippen molar-refractivity contribution in [2.45, 2.75) is 25.5 Å². The van der Waals surface area contributed by atoms with Crippen LogP contribution < -0.4 is 14.8 Å². The topological polar surface area (TPSA) is 63.2 Å². The molecule has 1 aromatic rings. The minimum absolute atomic E-state index is 0.279. The molecule has 6 nitrogen and oxygen atoms in total. The molecule has 0 amide bonds. The first kappa shape index (κ1) is 21.7. The fourth-order valence-electron chi connectivity index (χ4n) is 3.63. The van der Waals surface area contributed by atoms with Crippen molar-refractivity contribution in [3.8, 4) is 11.5 Å². The van der Waals surface area contributed by atoms with Crippen molar-refractivity contribution >= 4 is 11.8 Å². The van der Waals surface area contributed by atoms with Crippen molar-refractivity contribution in [3.63, 3.8) is 0 Å². The molecular formula is C21H34N2O4S. The summed E-state index contributed by atoms with van der Waals surface area (Å²) >= 11 is 1.97. The van der Waals surface area contributed by atoms with E-state index in [4.69, 9.17) is 14.2 Å². The van der Waals surface area contributed by atoms with Gasteiger partial charge in [0.2, 0.25) is 0 Å². The fourth-order valence-corrected chi connectivity index (χ4v) is 4.61. The number of aliphatic hydroxyl groups is 1. The summed E-state index contributed by atoms with van der Waals surface area (Å²) < 4.78 is 16.8. The van der Waals surface area contributed by atoms with E-state index in [9.17, 15) is 5.11 Å². The van der Waals surface area contributed by atoms with E-state index < -0.39 is 6.10 Å². The summed E-state index contributed by atoms with van der Waals surface area (Å²) in [5.74, 6) is 4.39. The second-order valence-electron chi connectivity index (χ2n) is 7.55. The van der Waals surface area contributed by atoms with Gasteiger partial charge in [0.25, 0.3) is 0 Å². The van der Waals surface area contributed by atoms with Crippen molar-refractivity contribution in [3.05, 3.63) is 23.8 Å². The van der Waals surface area contributed by atoms with Crippen molar-refractivity contribution in [1.29, 1.82) is 0 Å². The van der Waals surface area contributed by atoms with E-state index in [1.807, 2.05) is 23.9 Å². The zero-order valence-corrected chi connectivity index (χ0v) is 17.7. The molecule has 0 aromatic heterocycles. The van der Waals surface area contributed by atoms with Crippen LogP contribution in [0.4, 0.5) is 0 Å². The van der Waals surface area contributed by atoms with Gasteiger partial charge in [0.1, 0.15) is 12.7 Å². The molecule has 2 aliphatic rings. The largest absolute Gasteiger partial charge is 0.493 e. The molecule has 0 saturated carbocycles. The number of nitrogens with zero attached hydrogens (tertiary/aromatic N) is 1. The van der Waals surface area contributed by atoms with Crippen LogP contribution in [0, 0.1) is 5.92 Å². The summed E-state index contributed by atoms with van der Waals surface area (Å²) in [7, 11) is 1.66. The van der Waals surface area contributed by atoms with Gasteiger partial charge in [0.05, 0.1) is 7.11 Å². The predicted molar refractivity (Wildman–Crippen MR) is 114 cm³/mol. The number of thioether (sulfide) groups is 1. The van der Waals surface area contributed by atoms with E-state index in [0.717, 1.165) is 63.7 Å². The lowest BCUT2D eigenvalue weighted by Gasteiger charge is -2.28. The van der Waals surface area contributed by atoms with Crippen LogP contribution in [0.3, 0.4) is 0 Å². The molecule has 1 aromatic carbocycles. The van der Waals surface area contributed by atoms with Gasteiger partial charge in [-0.05, 0) is 43.0 Å². The Hall–Kier alpha value is -0.990. The third-order valence-corrected chi connectivity index (χ3v) is 6.28. The maximum absolute atomic E-state index is 10.3. The molecule has 0 radical (unpaired) electrons. The number of hydrogen-bond donors (Lipinski definition) is 2. The van der Waals surface area contributed by atoms with Crippen molar-refractivity contribution in [2.75, 3.05) is 64.6 Å². The smallest absolute Gasteiger partial charge is 0.161 e. The third kappa shape index (κ3) is 7.12. The molecule has 1 atom stereocenters. The molecule has 2 aliphatic heterocycles. The number of nitrogens with one attached hydrogen (secondary N) is 1. The first-order valence-electron chi connectivity index (χ1n) is 10.3. The Labute approximate surface area is 172 Å². The maximum atomic E-state index is 10.3. The van der Waals surface area contributed by atoms with Gasteiger partial charge in [0, 0.05) is 50.9 Å². The van der Waals surface area contributed by atoms with Crippen LogP contribution in [-0.2, 0) is 11.3 Å². The Bertz CT molecular complexity index is 578. The van der Waals surface area contributed by atoms with Crippen LogP contribution >= 0.6 is 11.8 Å². The van der Waals surface area contributed by atoms with Gasteiger partial charge in [0.15, 0.2) is 11.5 Å². The average molecular weight is 411 g/mol. The summed E-state index contributed by atoms with van der Waals surface area (Å²) in [4.78, 5) is 2.30. The van der Waals surface area contributed by atoms with E-state index in [2.05, 4.69) is 16.3 Å². The Kier molecular flexibility index (Phi) is 9.21. The lowest BCUT2D eigenvalue weighted by Crippen LogP contribution is -2.40. The summed E-state index contributed by atoms with van der Waals surface area (Å²) in [5.41, 5.74) is 1.17. The Morgan fingerprint density at radius 3 is 2.79 bits per heavy atom. The molecule has 28 heavy (non-hydrogen) atoms. The molecule has 1 unspecified atom stereocenters.